The molecular weight excluding hydrogens is 520 g/mol. The van der Waals surface area contributed by atoms with Crippen LogP contribution >= 0.6 is 15.9 Å². The topological polar surface area (TPSA) is 68.7 Å². The van der Waals surface area contributed by atoms with Gasteiger partial charge in [0.25, 0.3) is 0 Å². The molecular formula is C29H37BrN2O4. The van der Waals surface area contributed by atoms with Gasteiger partial charge in [0.2, 0.25) is 5.91 Å². The zero-order valence-electron chi connectivity index (χ0n) is 21.5. The van der Waals surface area contributed by atoms with Crippen molar-refractivity contribution in [2.45, 2.75) is 64.2 Å². The van der Waals surface area contributed by atoms with Gasteiger partial charge < -0.3 is 9.47 Å². The summed E-state index contributed by atoms with van der Waals surface area (Å²) in [5.74, 6) is 2.44. The number of amides is 1. The first-order valence-electron chi connectivity index (χ1n) is 13.0. The second-order valence-electron chi connectivity index (χ2n) is 10.3. The molecule has 0 N–H and O–H groups in total. The molecule has 2 aromatic rings. The summed E-state index contributed by atoms with van der Waals surface area (Å²) in [5.41, 5.74) is 2.56. The first-order chi connectivity index (χ1) is 17.4. The van der Waals surface area contributed by atoms with Gasteiger partial charge in [-0.15, -0.1) is 0 Å². The molecule has 1 amide bonds. The molecule has 36 heavy (non-hydrogen) atoms. The van der Waals surface area contributed by atoms with E-state index in [1.165, 1.54) is 18.2 Å². The number of rotatable bonds is 7. The minimum Gasteiger partial charge on any atom is -0.496 e. The zero-order chi connectivity index (χ0) is 25.7. The Morgan fingerprint density at radius 1 is 0.972 bits per heavy atom. The second-order valence-corrected chi connectivity index (χ2v) is 11.2. The molecule has 194 valence electrons. The van der Waals surface area contributed by atoms with Crippen LogP contribution in [0.1, 0.15) is 68.4 Å². The van der Waals surface area contributed by atoms with Crippen LogP contribution in [0.3, 0.4) is 0 Å². The number of methoxy groups -OCH3 is 2. The van der Waals surface area contributed by atoms with Crippen molar-refractivity contribution in [1.29, 1.82) is 0 Å². The quantitative estimate of drug-likeness (QED) is 0.366. The van der Waals surface area contributed by atoms with E-state index in [0.29, 0.717) is 49.9 Å². The summed E-state index contributed by atoms with van der Waals surface area (Å²) in [6, 6.07) is 10.4. The molecule has 2 aliphatic carbocycles. The number of carbonyl (C=O) groups excluding carboxylic acids is 2. The van der Waals surface area contributed by atoms with Crippen LogP contribution in [0.5, 0.6) is 5.75 Å². The Hall–Kier alpha value is -2.41. The fraction of sp³-hybridized carbons (Fsp3) is 0.552. The van der Waals surface area contributed by atoms with Gasteiger partial charge in [-0.3, -0.25) is 14.5 Å². The molecule has 0 unspecified atom stereocenters. The number of esters is 1. The predicted octanol–water partition coefficient (Wildman–Crippen LogP) is 6.45. The van der Waals surface area contributed by atoms with Gasteiger partial charge >= 0.3 is 5.97 Å². The molecule has 4 rings (SSSR count). The van der Waals surface area contributed by atoms with E-state index in [0.717, 1.165) is 35.9 Å². The lowest BCUT2D eigenvalue weighted by molar-refractivity contribution is -0.147. The maximum absolute atomic E-state index is 13.8. The molecule has 2 fully saturated rings. The third-order valence-corrected chi connectivity index (χ3v) is 8.53. The van der Waals surface area contributed by atoms with Crippen molar-refractivity contribution in [3.8, 4) is 5.75 Å². The zero-order valence-corrected chi connectivity index (χ0v) is 23.1. The van der Waals surface area contributed by atoms with Crippen molar-refractivity contribution in [2.24, 2.45) is 17.8 Å². The van der Waals surface area contributed by atoms with Crippen LogP contribution in [0.15, 0.2) is 41.0 Å². The van der Waals surface area contributed by atoms with Gasteiger partial charge in [0.05, 0.1) is 20.1 Å². The number of hydrogen-bond donors (Lipinski definition) is 0. The Bertz CT molecular complexity index is 1060. The molecule has 0 bridgehead atoms. The highest BCUT2D eigenvalue weighted by Crippen LogP contribution is 2.39. The molecule has 0 radical (unpaired) electrons. The van der Waals surface area contributed by atoms with Gasteiger partial charge in [-0.1, -0.05) is 28.1 Å². The minimum absolute atomic E-state index is 0.0784. The average Bonchev–Trinajstić information content (AvgIpc) is 2.91. The SMILES string of the molecule is COc1ccc([C@H]2CC[C@H](CN(c3cc(Br)ccn3)C(=O)[C@H]3CC[C@H](C(=O)OC)CC3)CC2)cc1C. The van der Waals surface area contributed by atoms with Crippen molar-refractivity contribution in [3.05, 3.63) is 52.1 Å². The average molecular weight is 558 g/mol. The van der Waals surface area contributed by atoms with Crippen LogP contribution in [-0.4, -0.2) is 37.6 Å². The molecule has 1 aromatic heterocycles. The van der Waals surface area contributed by atoms with Crippen LogP contribution in [0, 0.1) is 24.7 Å². The summed E-state index contributed by atoms with van der Waals surface area (Å²) in [6.45, 7) is 2.79. The minimum atomic E-state index is -0.157. The van der Waals surface area contributed by atoms with Crippen LogP contribution in [0.25, 0.3) is 0 Å². The highest BCUT2D eigenvalue weighted by molar-refractivity contribution is 9.10. The van der Waals surface area contributed by atoms with Crippen LogP contribution in [0.2, 0.25) is 0 Å². The number of anilines is 1. The largest absolute Gasteiger partial charge is 0.496 e. The monoisotopic (exact) mass is 556 g/mol. The number of carbonyl (C=O) groups is 2. The number of hydrogen-bond acceptors (Lipinski definition) is 5. The molecule has 1 heterocycles. The normalized spacial score (nSPS) is 24.1. The van der Waals surface area contributed by atoms with Gasteiger partial charge in [-0.05, 0) is 99.5 Å². The van der Waals surface area contributed by atoms with Gasteiger partial charge in [-0.2, -0.15) is 0 Å². The third-order valence-electron chi connectivity index (χ3n) is 8.04. The summed E-state index contributed by atoms with van der Waals surface area (Å²) >= 11 is 3.54. The van der Waals surface area contributed by atoms with Crippen molar-refractivity contribution < 1.29 is 19.1 Å². The van der Waals surface area contributed by atoms with E-state index in [2.05, 4.69) is 46.0 Å². The van der Waals surface area contributed by atoms with E-state index >= 15 is 0 Å². The van der Waals surface area contributed by atoms with E-state index in [4.69, 9.17) is 9.47 Å². The lowest BCUT2D eigenvalue weighted by Crippen LogP contribution is -2.42. The number of pyridine rings is 1. The summed E-state index contributed by atoms with van der Waals surface area (Å²) in [5, 5.41) is 0. The molecule has 0 aliphatic heterocycles. The molecule has 0 spiro atoms. The molecule has 6 nitrogen and oxygen atoms in total. The maximum Gasteiger partial charge on any atom is 0.308 e. The number of ether oxygens (including phenoxy) is 2. The van der Waals surface area contributed by atoms with Crippen LogP contribution in [0.4, 0.5) is 5.82 Å². The highest BCUT2D eigenvalue weighted by atomic mass is 79.9. The summed E-state index contributed by atoms with van der Waals surface area (Å²) < 4.78 is 11.3. The first kappa shape index (κ1) is 26.6. The van der Waals surface area contributed by atoms with E-state index in [-0.39, 0.29) is 23.7 Å². The van der Waals surface area contributed by atoms with Gasteiger partial charge in [0.15, 0.2) is 0 Å². The molecule has 2 saturated carbocycles. The second kappa shape index (κ2) is 12.2. The Balaban J connectivity index is 1.42. The van der Waals surface area contributed by atoms with E-state index in [1.807, 2.05) is 17.0 Å². The Morgan fingerprint density at radius 2 is 1.67 bits per heavy atom. The van der Waals surface area contributed by atoms with Crippen molar-refractivity contribution in [1.82, 2.24) is 4.98 Å². The summed E-state index contributed by atoms with van der Waals surface area (Å²) in [7, 11) is 3.15. The smallest absolute Gasteiger partial charge is 0.308 e. The summed E-state index contributed by atoms with van der Waals surface area (Å²) in [6.07, 6.45) is 9.00. The number of aryl methyl sites for hydroxylation is 1. The number of aromatic nitrogens is 1. The fourth-order valence-corrected chi connectivity index (χ4v) is 6.22. The third kappa shape index (κ3) is 6.28. The molecule has 1 aromatic carbocycles. The predicted molar refractivity (Wildman–Crippen MR) is 144 cm³/mol. The Morgan fingerprint density at radius 3 is 2.28 bits per heavy atom. The molecule has 2 aliphatic rings. The first-order valence-corrected chi connectivity index (χ1v) is 13.8. The van der Waals surface area contributed by atoms with Crippen molar-refractivity contribution in [2.75, 3.05) is 25.7 Å². The fourth-order valence-electron chi connectivity index (χ4n) is 5.89. The Labute approximate surface area is 222 Å². The maximum atomic E-state index is 13.8. The van der Waals surface area contributed by atoms with Crippen LogP contribution in [-0.2, 0) is 14.3 Å². The van der Waals surface area contributed by atoms with E-state index in [9.17, 15) is 9.59 Å². The van der Waals surface area contributed by atoms with Crippen LogP contribution < -0.4 is 9.64 Å². The standard InChI is InChI=1S/C29H37BrN2O4/c1-19-16-24(12-13-26(19)35-2)21-6-4-20(5-7-21)18-32(27-17-25(30)14-15-31-27)28(33)22-8-10-23(11-9-22)29(34)36-3/h12-17,20-23H,4-11,18H2,1-3H3/t20-,21-,22-,23-. The van der Waals surface area contributed by atoms with Gasteiger partial charge in [0, 0.05) is 23.1 Å². The number of halogens is 1. The number of benzene rings is 1. The molecule has 7 heteroatoms. The van der Waals surface area contributed by atoms with E-state index < -0.39 is 0 Å². The molecule has 0 saturated heterocycles. The summed E-state index contributed by atoms with van der Waals surface area (Å²) in [4.78, 5) is 32.2. The van der Waals surface area contributed by atoms with Gasteiger partial charge in [-0.25, -0.2) is 4.98 Å². The Kier molecular flexibility index (Phi) is 9.04. The van der Waals surface area contributed by atoms with Gasteiger partial charge in [0.1, 0.15) is 11.6 Å². The molecule has 0 atom stereocenters. The lowest BCUT2D eigenvalue weighted by Gasteiger charge is -2.35. The van der Waals surface area contributed by atoms with Crippen molar-refractivity contribution >= 4 is 33.6 Å². The lowest BCUT2D eigenvalue weighted by atomic mass is 9.78. The number of nitrogens with zero attached hydrogens (tertiary/aromatic N) is 2. The van der Waals surface area contributed by atoms with Crippen molar-refractivity contribution in [3.63, 3.8) is 0 Å². The highest BCUT2D eigenvalue weighted by Gasteiger charge is 2.35. The van der Waals surface area contributed by atoms with E-state index in [1.54, 1.807) is 13.3 Å².